The second-order valence-electron chi connectivity index (χ2n) is 15.9. The van der Waals surface area contributed by atoms with Crippen LogP contribution in [0.2, 0.25) is 0 Å². The van der Waals surface area contributed by atoms with Crippen molar-refractivity contribution in [3.05, 3.63) is 124 Å². The number of carbonyl (C=O) groups is 2. The van der Waals surface area contributed by atoms with Crippen molar-refractivity contribution < 1.29 is 14.3 Å². The number of esters is 1. The zero-order valence-electron chi connectivity index (χ0n) is 33.6. The Morgan fingerprint density at radius 2 is 1.31 bits per heavy atom. The first-order valence-electron chi connectivity index (χ1n) is 19.1. The first kappa shape index (κ1) is 41.3. The molecule has 304 valence electrons. The van der Waals surface area contributed by atoms with Crippen LogP contribution in [0, 0.1) is 38.5 Å². The Morgan fingerprint density at radius 3 is 1.76 bits per heavy atom. The number of nitrogens with zero attached hydrogens (tertiary/aromatic N) is 9. The van der Waals surface area contributed by atoms with Crippen molar-refractivity contribution in [1.29, 1.82) is 0 Å². The van der Waals surface area contributed by atoms with Gasteiger partial charge in [0.25, 0.3) is 0 Å². The molecule has 2 aliphatic rings. The molecule has 0 spiro atoms. The normalized spacial score (nSPS) is 14.9. The molecule has 0 aromatic carbocycles. The van der Waals surface area contributed by atoms with Gasteiger partial charge >= 0.3 is 5.97 Å². The van der Waals surface area contributed by atoms with Crippen molar-refractivity contribution >= 4 is 23.5 Å². The van der Waals surface area contributed by atoms with Crippen LogP contribution < -0.4 is 15.1 Å². The number of aryl methyl sites for hydroxylation is 4. The highest BCUT2D eigenvalue weighted by molar-refractivity contribution is 5.85. The highest BCUT2D eigenvalue weighted by Crippen LogP contribution is 2.36. The summed E-state index contributed by atoms with van der Waals surface area (Å²) in [6, 6.07) is 18.1. The monoisotopic (exact) mass is 786 g/mol. The minimum absolute atomic E-state index is 0. The van der Waals surface area contributed by atoms with E-state index < -0.39 is 10.8 Å². The molecule has 2 saturated heterocycles. The van der Waals surface area contributed by atoms with Gasteiger partial charge in [0.05, 0.1) is 23.9 Å². The smallest absolute Gasteiger partial charge is 0.315 e. The van der Waals surface area contributed by atoms with Crippen molar-refractivity contribution in [3.8, 4) is 5.82 Å². The van der Waals surface area contributed by atoms with Gasteiger partial charge in [-0.05, 0) is 107 Å². The standard InChI is InChI=1S/C25H28N8O.C17H22N4O2.CH4/c1-17-9-20(12-21-11-18(2)30-31-21)29-23(10-17)32-15-25(3,16-32)24(34)27-14-19-5-6-22(26-13-19)33-8-4-7-28-33;1-11-5-13(8-14-7-12(2)19-20-14)18-15(6-11)21-9-17(3,10-21)16(22)23-4;/h4-11,13H,12,14-16H2,1-3H3,(H,27,34)(H,30,31);5-7H,8-10H2,1-4H3,(H,19,20);1H4. The van der Waals surface area contributed by atoms with E-state index in [1.165, 1.54) is 7.11 Å². The summed E-state index contributed by atoms with van der Waals surface area (Å²) in [5.41, 5.74) is 8.37. The molecule has 0 radical (unpaired) electrons. The topological polar surface area (TPSA) is 176 Å². The number of nitrogens with one attached hydrogen (secondary N) is 3. The Balaban J connectivity index is 0.000000207. The number of pyridine rings is 3. The fourth-order valence-electron chi connectivity index (χ4n) is 7.34. The summed E-state index contributed by atoms with van der Waals surface area (Å²) in [7, 11) is 1.44. The maximum absolute atomic E-state index is 12.9. The quantitative estimate of drug-likeness (QED) is 0.144. The largest absolute Gasteiger partial charge is 0.468 e. The summed E-state index contributed by atoms with van der Waals surface area (Å²) in [5, 5.41) is 21.8. The second kappa shape index (κ2) is 17.0. The van der Waals surface area contributed by atoms with Crippen LogP contribution in [0.15, 0.2) is 73.2 Å². The zero-order chi connectivity index (χ0) is 40.3. The highest BCUT2D eigenvalue weighted by Gasteiger charge is 2.47. The van der Waals surface area contributed by atoms with Crippen LogP contribution in [-0.4, -0.2) is 90.3 Å². The van der Waals surface area contributed by atoms with Crippen LogP contribution >= 0.6 is 0 Å². The lowest BCUT2D eigenvalue weighted by molar-refractivity contribution is -0.153. The fraction of sp³-hybridized carbons (Fsp3) is 0.395. The van der Waals surface area contributed by atoms with Gasteiger partial charge in [0, 0.05) is 86.9 Å². The first-order chi connectivity index (χ1) is 27.3. The van der Waals surface area contributed by atoms with E-state index in [-0.39, 0.29) is 19.3 Å². The maximum Gasteiger partial charge on any atom is 0.315 e. The Hall–Kier alpha value is -6.38. The lowest BCUT2D eigenvalue weighted by Gasteiger charge is -2.47. The molecule has 3 N–H and O–H groups in total. The molecular formula is C43H54N12O3. The van der Waals surface area contributed by atoms with Crippen LogP contribution in [-0.2, 0) is 33.7 Å². The lowest BCUT2D eigenvalue weighted by atomic mass is 9.81. The summed E-state index contributed by atoms with van der Waals surface area (Å²) in [4.78, 5) is 43.0. The van der Waals surface area contributed by atoms with Gasteiger partial charge < -0.3 is 19.9 Å². The molecule has 2 aliphatic heterocycles. The van der Waals surface area contributed by atoms with E-state index in [0.29, 0.717) is 45.6 Å². The Kier molecular flexibility index (Phi) is 12.1. The molecule has 0 atom stereocenters. The van der Waals surface area contributed by atoms with Crippen LogP contribution in [0.4, 0.5) is 11.6 Å². The number of H-pyrrole nitrogens is 2. The second-order valence-corrected chi connectivity index (χ2v) is 15.9. The molecule has 58 heavy (non-hydrogen) atoms. The third-order valence-corrected chi connectivity index (χ3v) is 10.3. The van der Waals surface area contributed by atoms with E-state index in [4.69, 9.17) is 14.7 Å². The predicted molar refractivity (Wildman–Crippen MR) is 223 cm³/mol. The van der Waals surface area contributed by atoms with Crippen molar-refractivity contribution in [2.24, 2.45) is 10.8 Å². The van der Waals surface area contributed by atoms with Gasteiger partial charge in [0.1, 0.15) is 17.1 Å². The average Bonchev–Trinajstić information content (AvgIpc) is 3.94. The highest BCUT2D eigenvalue weighted by atomic mass is 16.5. The molecule has 0 saturated carbocycles. The Morgan fingerprint density at radius 1 is 0.759 bits per heavy atom. The Bertz CT molecular complexity index is 2340. The lowest BCUT2D eigenvalue weighted by Crippen LogP contribution is -2.62. The molecule has 15 heteroatoms. The number of hydrogen-bond acceptors (Lipinski definition) is 11. The molecule has 1 amide bonds. The molecule has 2 fully saturated rings. The number of ether oxygens (including phenoxy) is 1. The summed E-state index contributed by atoms with van der Waals surface area (Å²) < 4.78 is 6.57. The average molecular weight is 787 g/mol. The van der Waals surface area contributed by atoms with Crippen LogP contribution in [0.1, 0.15) is 72.1 Å². The van der Waals surface area contributed by atoms with E-state index in [9.17, 15) is 9.59 Å². The number of anilines is 2. The molecule has 0 unspecified atom stereocenters. The van der Waals surface area contributed by atoms with E-state index in [0.717, 1.165) is 68.3 Å². The number of aromatic nitrogens is 9. The third kappa shape index (κ3) is 9.41. The zero-order valence-corrected chi connectivity index (χ0v) is 33.6. The minimum Gasteiger partial charge on any atom is -0.468 e. The van der Waals surface area contributed by atoms with Crippen molar-refractivity contribution in [2.45, 2.75) is 68.4 Å². The molecule has 6 aromatic heterocycles. The SMILES string of the molecule is C.COC(=O)C1(C)CN(c2cc(C)cc(Cc3cc(C)[nH]n3)n2)C1.Cc1cc(Cc2cc(C)[nH]n2)nc(N2CC(C)(C(=O)NCc3ccc(-n4cccn4)nc3)C2)c1. The number of amides is 1. The van der Waals surface area contributed by atoms with Gasteiger partial charge in [0.2, 0.25) is 5.91 Å². The predicted octanol–water partition coefficient (Wildman–Crippen LogP) is 5.38. The third-order valence-electron chi connectivity index (χ3n) is 10.3. The first-order valence-corrected chi connectivity index (χ1v) is 19.1. The number of carbonyl (C=O) groups excluding carboxylic acids is 2. The minimum atomic E-state index is -0.451. The van der Waals surface area contributed by atoms with Crippen LogP contribution in [0.25, 0.3) is 5.82 Å². The van der Waals surface area contributed by atoms with Crippen molar-refractivity contribution in [1.82, 2.24) is 50.4 Å². The Labute approximate surface area is 339 Å². The summed E-state index contributed by atoms with van der Waals surface area (Å²) in [6.45, 7) is 15.0. The van der Waals surface area contributed by atoms with E-state index in [1.54, 1.807) is 17.1 Å². The van der Waals surface area contributed by atoms with Gasteiger partial charge in [-0.1, -0.05) is 13.5 Å². The molecule has 0 aliphatic carbocycles. The molecule has 8 rings (SSSR count). The summed E-state index contributed by atoms with van der Waals surface area (Å²) in [5.74, 6) is 2.45. The maximum atomic E-state index is 12.9. The summed E-state index contributed by atoms with van der Waals surface area (Å²) >= 11 is 0. The van der Waals surface area contributed by atoms with E-state index in [2.05, 4.69) is 83.7 Å². The number of aromatic amines is 2. The fourth-order valence-corrected chi connectivity index (χ4v) is 7.34. The van der Waals surface area contributed by atoms with Gasteiger partial charge in [-0.3, -0.25) is 19.8 Å². The number of methoxy groups -OCH3 is 1. The molecular weight excluding hydrogens is 733 g/mol. The number of rotatable bonds is 11. The van der Waals surface area contributed by atoms with Crippen molar-refractivity contribution in [3.63, 3.8) is 0 Å². The van der Waals surface area contributed by atoms with E-state index >= 15 is 0 Å². The molecule has 15 nitrogen and oxygen atoms in total. The van der Waals surface area contributed by atoms with Gasteiger partial charge in [-0.15, -0.1) is 0 Å². The van der Waals surface area contributed by atoms with Crippen LogP contribution in [0.3, 0.4) is 0 Å². The number of hydrogen-bond donors (Lipinski definition) is 3. The molecule has 6 aromatic rings. The van der Waals surface area contributed by atoms with Gasteiger partial charge in [0.15, 0.2) is 5.82 Å². The molecule has 0 bridgehead atoms. The van der Waals surface area contributed by atoms with Gasteiger partial charge in [-0.25, -0.2) is 19.6 Å². The van der Waals surface area contributed by atoms with Crippen molar-refractivity contribution in [2.75, 3.05) is 43.1 Å². The van der Waals surface area contributed by atoms with E-state index in [1.807, 2.05) is 64.2 Å². The van der Waals surface area contributed by atoms with Gasteiger partial charge in [-0.2, -0.15) is 15.3 Å². The summed E-state index contributed by atoms with van der Waals surface area (Å²) in [6.07, 6.45) is 6.70. The molecule has 8 heterocycles. The van der Waals surface area contributed by atoms with Crippen LogP contribution in [0.5, 0.6) is 0 Å².